The highest BCUT2D eigenvalue weighted by Gasteiger charge is 2.24. The largest absolute Gasteiger partial charge is 0.279 e. The van der Waals surface area contributed by atoms with Crippen LogP contribution in [0.5, 0.6) is 0 Å². The standard InChI is InChI=1S/C22H19N3O2S/c1-17-10-8-9-15-20(17)24-28(26,27)21-16-25(19-13-6-3-7-14-19)23-22(21)18-11-4-2-5-12-18/h2-16,24H,1H3. The Kier molecular flexibility index (Phi) is 4.71. The van der Waals surface area contributed by atoms with Gasteiger partial charge in [0.05, 0.1) is 17.6 Å². The van der Waals surface area contributed by atoms with E-state index in [4.69, 9.17) is 0 Å². The molecule has 0 radical (unpaired) electrons. The predicted molar refractivity (Wildman–Crippen MR) is 111 cm³/mol. The number of nitrogens with one attached hydrogen (secondary N) is 1. The van der Waals surface area contributed by atoms with Gasteiger partial charge < -0.3 is 0 Å². The molecule has 140 valence electrons. The molecule has 0 aliphatic carbocycles. The molecule has 5 nitrogen and oxygen atoms in total. The van der Waals surface area contributed by atoms with E-state index in [0.717, 1.165) is 16.8 Å². The third kappa shape index (κ3) is 3.54. The molecule has 0 saturated heterocycles. The van der Waals surface area contributed by atoms with Crippen molar-refractivity contribution in [2.24, 2.45) is 0 Å². The first kappa shape index (κ1) is 18.0. The van der Waals surface area contributed by atoms with Gasteiger partial charge in [-0.15, -0.1) is 0 Å². The molecule has 0 atom stereocenters. The Morgan fingerprint density at radius 3 is 2.11 bits per heavy atom. The number of anilines is 1. The molecule has 0 amide bonds. The third-order valence-electron chi connectivity index (χ3n) is 4.43. The Morgan fingerprint density at radius 2 is 1.43 bits per heavy atom. The predicted octanol–water partition coefficient (Wildman–Crippen LogP) is 4.65. The minimum atomic E-state index is -3.84. The number of para-hydroxylation sites is 2. The molecule has 1 heterocycles. The summed E-state index contributed by atoms with van der Waals surface area (Å²) in [6, 6.07) is 26.0. The quantitative estimate of drug-likeness (QED) is 0.540. The fourth-order valence-electron chi connectivity index (χ4n) is 2.95. The van der Waals surface area contributed by atoms with E-state index in [0.29, 0.717) is 11.4 Å². The lowest BCUT2D eigenvalue weighted by atomic mass is 10.2. The van der Waals surface area contributed by atoms with Gasteiger partial charge in [0.2, 0.25) is 0 Å². The van der Waals surface area contributed by atoms with Crippen LogP contribution in [0, 0.1) is 6.92 Å². The van der Waals surface area contributed by atoms with Crippen LogP contribution < -0.4 is 4.72 Å². The fourth-order valence-corrected chi connectivity index (χ4v) is 4.23. The maximum Gasteiger partial charge on any atom is 0.265 e. The van der Waals surface area contributed by atoms with Gasteiger partial charge in [0.25, 0.3) is 10.0 Å². The molecule has 28 heavy (non-hydrogen) atoms. The molecular formula is C22H19N3O2S. The number of aryl methyl sites for hydroxylation is 1. The van der Waals surface area contributed by atoms with Gasteiger partial charge in [-0.2, -0.15) is 5.10 Å². The van der Waals surface area contributed by atoms with E-state index in [1.54, 1.807) is 23.0 Å². The average Bonchev–Trinajstić information content (AvgIpc) is 3.18. The van der Waals surface area contributed by atoms with Gasteiger partial charge in [0.15, 0.2) is 0 Å². The molecule has 0 saturated carbocycles. The molecule has 6 heteroatoms. The van der Waals surface area contributed by atoms with Crippen molar-refractivity contribution in [3.05, 3.63) is 96.7 Å². The summed E-state index contributed by atoms with van der Waals surface area (Å²) in [4.78, 5) is 0.130. The van der Waals surface area contributed by atoms with E-state index >= 15 is 0 Å². The highest BCUT2D eigenvalue weighted by atomic mass is 32.2. The molecular weight excluding hydrogens is 370 g/mol. The fraction of sp³-hybridized carbons (Fsp3) is 0.0455. The summed E-state index contributed by atoms with van der Waals surface area (Å²) >= 11 is 0. The first-order chi connectivity index (χ1) is 13.5. The number of benzene rings is 3. The Morgan fingerprint density at radius 1 is 0.821 bits per heavy atom. The Hall–Kier alpha value is -3.38. The Labute approximate surface area is 164 Å². The lowest BCUT2D eigenvalue weighted by Gasteiger charge is -2.10. The molecule has 0 spiro atoms. The second-order valence-corrected chi connectivity index (χ2v) is 8.06. The number of nitrogens with zero attached hydrogens (tertiary/aromatic N) is 2. The number of sulfonamides is 1. The van der Waals surface area contributed by atoms with Gasteiger partial charge in [0.1, 0.15) is 10.6 Å². The topological polar surface area (TPSA) is 64.0 Å². The number of rotatable bonds is 5. The molecule has 0 aliphatic heterocycles. The SMILES string of the molecule is Cc1ccccc1NS(=O)(=O)c1cn(-c2ccccc2)nc1-c1ccccc1. The summed E-state index contributed by atoms with van der Waals surface area (Å²) in [5.74, 6) is 0. The maximum atomic E-state index is 13.2. The van der Waals surface area contributed by atoms with Crippen molar-refractivity contribution in [2.45, 2.75) is 11.8 Å². The van der Waals surface area contributed by atoms with Crippen LogP contribution in [0.3, 0.4) is 0 Å². The molecule has 1 N–H and O–H groups in total. The van der Waals surface area contributed by atoms with E-state index in [-0.39, 0.29) is 4.90 Å². The van der Waals surface area contributed by atoms with Gasteiger partial charge in [-0.25, -0.2) is 13.1 Å². The lowest BCUT2D eigenvalue weighted by Crippen LogP contribution is -2.14. The Balaban J connectivity index is 1.85. The van der Waals surface area contributed by atoms with Crippen LogP contribution in [0.15, 0.2) is 96.0 Å². The van der Waals surface area contributed by atoms with E-state index < -0.39 is 10.0 Å². The number of aromatic nitrogens is 2. The monoisotopic (exact) mass is 389 g/mol. The van der Waals surface area contributed by atoms with Crippen LogP contribution in [0.4, 0.5) is 5.69 Å². The summed E-state index contributed by atoms with van der Waals surface area (Å²) in [7, 11) is -3.84. The van der Waals surface area contributed by atoms with Gasteiger partial charge in [0, 0.05) is 5.56 Å². The Bertz CT molecular complexity index is 1200. The van der Waals surface area contributed by atoms with Gasteiger partial charge >= 0.3 is 0 Å². The zero-order valence-corrected chi connectivity index (χ0v) is 16.1. The first-order valence-electron chi connectivity index (χ1n) is 8.83. The molecule has 4 rings (SSSR count). The van der Waals surface area contributed by atoms with Crippen LogP contribution in [-0.4, -0.2) is 18.2 Å². The van der Waals surface area contributed by atoms with E-state index in [2.05, 4.69) is 9.82 Å². The summed E-state index contributed by atoms with van der Waals surface area (Å²) < 4.78 is 30.7. The minimum absolute atomic E-state index is 0.130. The van der Waals surface area contributed by atoms with Crippen molar-refractivity contribution >= 4 is 15.7 Å². The second-order valence-electron chi connectivity index (χ2n) is 6.41. The van der Waals surface area contributed by atoms with Gasteiger partial charge in [-0.05, 0) is 30.7 Å². The molecule has 4 aromatic rings. The highest BCUT2D eigenvalue weighted by Crippen LogP contribution is 2.29. The molecule has 1 aromatic heterocycles. The minimum Gasteiger partial charge on any atom is -0.279 e. The van der Waals surface area contributed by atoms with Crippen molar-refractivity contribution in [3.8, 4) is 16.9 Å². The van der Waals surface area contributed by atoms with Crippen molar-refractivity contribution in [1.29, 1.82) is 0 Å². The summed E-state index contributed by atoms with van der Waals surface area (Å²) in [6.45, 7) is 1.86. The number of hydrogen-bond donors (Lipinski definition) is 1. The smallest absolute Gasteiger partial charge is 0.265 e. The third-order valence-corrected chi connectivity index (χ3v) is 5.79. The molecule has 0 aliphatic rings. The molecule has 0 fully saturated rings. The highest BCUT2D eigenvalue weighted by molar-refractivity contribution is 7.92. The zero-order chi connectivity index (χ0) is 19.6. The van der Waals surface area contributed by atoms with Crippen LogP contribution >= 0.6 is 0 Å². The van der Waals surface area contributed by atoms with E-state index in [9.17, 15) is 8.42 Å². The normalized spacial score (nSPS) is 11.3. The van der Waals surface area contributed by atoms with Gasteiger partial charge in [-0.1, -0.05) is 66.7 Å². The van der Waals surface area contributed by atoms with Crippen LogP contribution in [0.2, 0.25) is 0 Å². The van der Waals surface area contributed by atoms with Crippen LogP contribution in [-0.2, 0) is 10.0 Å². The summed E-state index contributed by atoms with van der Waals surface area (Å²) in [5, 5.41) is 4.58. The second kappa shape index (κ2) is 7.32. The number of hydrogen-bond acceptors (Lipinski definition) is 3. The van der Waals surface area contributed by atoms with Crippen molar-refractivity contribution in [1.82, 2.24) is 9.78 Å². The zero-order valence-electron chi connectivity index (χ0n) is 15.3. The first-order valence-corrected chi connectivity index (χ1v) is 10.3. The lowest BCUT2D eigenvalue weighted by molar-refractivity contribution is 0.601. The van der Waals surface area contributed by atoms with E-state index in [1.807, 2.05) is 79.7 Å². The molecule has 3 aromatic carbocycles. The van der Waals surface area contributed by atoms with Crippen LogP contribution in [0.1, 0.15) is 5.56 Å². The maximum absolute atomic E-state index is 13.2. The van der Waals surface area contributed by atoms with Crippen LogP contribution in [0.25, 0.3) is 16.9 Å². The van der Waals surface area contributed by atoms with Crippen molar-refractivity contribution in [3.63, 3.8) is 0 Å². The van der Waals surface area contributed by atoms with E-state index in [1.165, 1.54) is 0 Å². The molecule has 0 bridgehead atoms. The molecule has 0 unspecified atom stereocenters. The van der Waals surface area contributed by atoms with Gasteiger partial charge in [-0.3, -0.25) is 4.72 Å². The van der Waals surface area contributed by atoms with Crippen molar-refractivity contribution < 1.29 is 8.42 Å². The average molecular weight is 389 g/mol. The summed E-state index contributed by atoms with van der Waals surface area (Å²) in [6.07, 6.45) is 1.55. The van der Waals surface area contributed by atoms with Crippen molar-refractivity contribution in [2.75, 3.05) is 4.72 Å². The summed E-state index contributed by atoms with van der Waals surface area (Å²) in [5.41, 5.74) is 3.33.